The molecule has 1 fully saturated rings. The first-order valence-electron chi connectivity index (χ1n) is 8.55. The Kier molecular flexibility index (Phi) is 5.88. The molecule has 2 aromatic rings. The summed E-state index contributed by atoms with van der Waals surface area (Å²) in [6.07, 6.45) is 0. The van der Waals surface area contributed by atoms with Gasteiger partial charge in [0.25, 0.3) is 15.9 Å². The summed E-state index contributed by atoms with van der Waals surface area (Å²) in [5.41, 5.74) is 0.218. The Hall–Kier alpha value is -2.17. The third kappa shape index (κ3) is 4.54. The second-order valence-electron chi connectivity index (χ2n) is 6.53. The number of anilines is 1. The highest BCUT2D eigenvalue weighted by Gasteiger charge is 2.29. The zero-order chi connectivity index (χ0) is 21.4. The van der Waals surface area contributed by atoms with E-state index in [2.05, 4.69) is 0 Å². The molecule has 0 bridgehead atoms. The quantitative estimate of drug-likeness (QED) is 0.697. The third-order valence-electron chi connectivity index (χ3n) is 4.65. The van der Waals surface area contributed by atoms with E-state index in [1.807, 2.05) is 0 Å². The average molecular weight is 461 g/mol. The van der Waals surface area contributed by atoms with Gasteiger partial charge in [0.05, 0.1) is 32.7 Å². The first kappa shape index (κ1) is 21.5. The van der Waals surface area contributed by atoms with Crippen LogP contribution in [0.15, 0.2) is 47.4 Å². The van der Waals surface area contributed by atoms with Gasteiger partial charge in [-0.2, -0.15) is 0 Å². The summed E-state index contributed by atoms with van der Waals surface area (Å²) in [4.78, 5) is 14.0. The van der Waals surface area contributed by atoms with Gasteiger partial charge in [-0.1, -0.05) is 11.6 Å². The number of sulfonamides is 1. The minimum Gasteiger partial charge on any atom is -0.337 e. The molecule has 1 amide bonds. The smallest absolute Gasteiger partial charge is 0.264 e. The van der Waals surface area contributed by atoms with Crippen LogP contribution in [0.3, 0.4) is 0 Å². The fourth-order valence-corrected chi connectivity index (χ4v) is 5.48. The second kappa shape index (κ2) is 7.92. The molecule has 7 nitrogen and oxygen atoms in total. The van der Waals surface area contributed by atoms with Crippen LogP contribution in [-0.4, -0.2) is 59.3 Å². The van der Waals surface area contributed by atoms with Gasteiger partial charge in [-0.25, -0.2) is 21.2 Å². The molecule has 29 heavy (non-hydrogen) atoms. The molecule has 156 valence electrons. The highest BCUT2D eigenvalue weighted by atomic mass is 35.5. The number of carbonyl (C=O) groups is 1. The number of hydrogen-bond acceptors (Lipinski definition) is 5. The normalized spacial score (nSPS) is 16.4. The van der Waals surface area contributed by atoms with Crippen LogP contribution in [0.1, 0.15) is 10.4 Å². The predicted molar refractivity (Wildman–Crippen MR) is 108 cm³/mol. The summed E-state index contributed by atoms with van der Waals surface area (Å²) in [5, 5.41) is 0.0619. The standard InChI is InChI=1S/C18H18ClFN2O5S2/c1-21(14-4-2-13(20)3-5-14)29(26,27)15-6-7-17(19)16(12-15)18(23)22-8-10-28(24,25)11-9-22/h2-7,12H,8-11H2,1H3. The third-order valence-corrected chi connectivity index (χ3v) is 8.37. The van der Waals surface area contributed by atoms with E-state index in [9.17, 15) is 26.0 Å². The van der Waals surface area contributed by atoms with Crippen molar-refractivity contribution in [2.45, 2.75) is 4.90 Å². The highest BCUT2D eigenvalue weighted by Crippen LogP contribution is 2.27. The van der Waals surface area contributed by atoms with Crippen molar-refractivity contribution >= 4 is 43.1 Å². The van der Waals surface area contributed by atoms with Gasteiger partial charge in [-0.3, -0.25) is 9.10 Å². The van der Waals surface area contributed by atoms with E-state index in [-0.39, 0.29) is 45.8 Å². The second-order valence-corrected chi connectivity index (χ2v) is 11.2. The van der Waals surface area contributed by atoms with Gasteiger partial charge in [0.15, 0.2) is 9.84 Å². The number of halogens is 2. The number of nitrogens with zero attached hydrogens (tertiary/aromatic N) is 2. The van der Waals surface area contributed by atoms with E-state index < -0.39 is 31.6 Å². The minimum absolute atomic E-state index is 0.0178. The van der Waals surface area contributed by atoms with Gasteiger partial charge in [-0.15, -0.1) is 0 Å². The zero-order valence-electron chi connectivity index (χ0n) is 15.4. The van der Waals surface area contributed by atoms with Gasteiger partial charge in [0.1, 0.15) is 5.82 Å². The van der Waals surface area contributed by atoms with E-state index in [4.69, 9.17) is 11.6 Å². The van der Waals surface area contributed by atoms with Crippen LogP contribution >= 0.6 is 11.6 Å². The lowest BCUT2D eigenvalue weighted by Crippen LogP contribution is -2.43. The maximum Gasteiger partial charge on any atom is 0.264 e. The molecule has 0 aromatic heterocycles. The van der Waals surface area contributed by atoms with Crippen molar-refractivity contribution in [3.63, 3.8) is 0 Å². The van der Waals surface area contributed by atoms with Crippen molar-refractivity contribution in [3.05, 3.63) is 58.9 Å². The van der Waals surface area contributed by atoms with Crippen molar-refractivity contribution in [1.82, 2.24) is 4.90 Å². The van der Waals surface area contributed by atoms with Crippen LogP contribution in [-0.2, 0) is 19.9 Å². The van der Waals surface area contributed by atoms with E-state index >= 15 is 0 Å². The summed E-state index contributed by atoms with van der Waals surface area (Å²) in [5.74, 6) is -1.34. The maximum atomic E-state index is 13.1. The number of carbonyl (C=O) groups excluding carboxylic acids is 1. The van der Waals surface area contributed by atoms with Gasteiger partial charge in [0.2, 0.25) is 0 Å². The maximum absolute atomic E-state index is 13.1. The van der Waals surface area contributed by atoms with Crippen molar-refractivity contribution in [2.75, 3.05) is 35.9 Å². The van der Waals surface area contributed by atoms with Crippen molar-refractivity contribution in [1.29, 1.82) is 0 Å². The number of hydrogen-bond donors (Lipinski definition) is 0. The molecule has 0 saturated carbocycles. The van der Waals surface area contributed by atoms with E-state index in [1.54, 1.807) is 0 Å². The molecule has 0 N–H and O–H groups in total. The van der Waals surface area contributed by atoms with Crippen molar-refractivity contribution < 1.29 is 26.0 Å². The van der Waals surface area contributed by atoms with Crippen LogP contribution < -0.4 is 4.31 Å². The number of benzene rings is 2. The molecule has 0 spiro atoms. The number of sulfone groups is 1. The number of rotatable bonds is 4. The fraction of sp³-hybridized carbons (Fsp3) is 0.278. The lowest BCUT2D eigenvalue weighted by Gasteiger charge is -2.27. The van der Waals surface area contributed by atoms with Gasteiger partial charge in [0, 0.05) is 20.1 Å². The van der Waals surface area contributed by atoms with Gasteiger partial charge in [-0.05, 0) is 42.5 Å². The largest absolute Gasteiger partial charge is 0.337 e. The minimum atomic E-state index is -4.04. The Morgan fingerprint density at radius 2 is 1.69 bits per heavy atom. The summed E-state index contributed by atoms with van der Waals surface area (Å²) in [6, 6.07) is 8.68. The van der Waals surface area contributed by atoms with E-state index in [0.717, 1.165) is 16.4 Å². The molecule has 0 aliphatic carbocycles. The number of amides is 1. The first-order chi connectivity index (χ1) is 13.5. The Labute approximate surface area is 173 Å². The molecule has 11 heteroatoms. The molecular weight excluding hydrogens is 443 g/mol. The molecule has 0 radical (unpaired) electrons. The molecule has 3 rings (SSSR count). The summed E-state index contributed by atoms with van der Waals surface area (Å²) >= 11 is 6.11. The Balaban J connectivity index is 1.91. The molecule has 1 saturated heterocycles. The first-order valence-corrected chi connectivity index (χ1v) is 12.2. The predicted octanol–water partition coefficient (Wildman–Crippen LogP) is 2.17. The summed E-state index contributed by atoms with van der Waals surface area (Å²) in [6.45, 7) is 0.0356. The van der Waals surface area contributed by atoms with Gasteiger partial charge >= 0.3 is 0 Å². The molecule has 1 aliphatic rings. The Bertz CT molecular complexity index is 1140. The van der Waals surface area contributed by atoms with Gasteiger partial charge < -0.3 is 4.90 Å². The van der Waals surface area contributed by atoms with Crippen molar-refractivity contribution in [2.24, 2.45) is 0 Å². The van der Waals surface area contributed by atoms with Crippen LogP contribution in [0.25, 0.3) is 0 Å². The molecule has 1 heterocycles. The molecule has 2 aromatic carbocycles. The van der Waals surface area contributed by atoms with E-state index in [0.29, 0.717) is 0 Å². The van der Waals surface area contributed by atoms with Crippen LogP contribution in [0.4, 0.5) is 10.1 Å². The highest BCUT2D eigenvalue weighted by molar-refractivity contribution is 7.92. The SMILES string of the molecule is CN(c1ccc(F)cc1)S(=O)(=O)c1ccc(Cl)c(C(=O)N2CCS(=O)(=O)CC2)c1. The van der Waals surface area contributed by atoms with Crippen LogP contribution in [0.5, 0.6) is 0 Å². The molecular formula is C18H18ClFN2O5S2. The monoisotopic (exact) mass is 460 g/mol. The lowest BCUT2D eigenvalue weighted by atomic mass is 10.2. The Morgan fingerprint density at radius 3 is 2.28 bits per heavy atom. The fourth-order valence-electron chi connectivity index (χ4n) is 2.86. The van der Waals surface area contributed by atoms with E-state index in [1.165, 1.54) is 42.3 Å². The topological polar surface area (TPSA) is 91.8 Å². The summed E-state index contributed by atoms with van der Waals surface area (Å²) < 4.78 is 63.1. The average Bonchev–Trinajstić information content (AvgIpc) is 2.67. The Morgan fingerprint density at radius 1 is 1.10 bits per heavy atom. The van der Waals surface area contributed by atoms with Crippen molar-refractivity contribution in [3.8, 4) is 0 Å². The van der Waals surface area contributed by atoms with Crippen LogP contribution in [0, 0.1) is 5.82 Å². The lowest BCUT2D eigenvalue weighted by molar-refractivity contribution is 0.0770. The van der Waals surface area contributed by atoms with Crippen LogP contribution in [0.2, 0.25) is 5.02 Å². The molecule has 1 aliphatic heterocycles. The zero-order valence-corrected chi connectivity index (χ0v) is 17.8. The summed E-state index contributed by atoms with van der Waals surface area (Å²) in [7, 11) is -5.90. The molecule has 0 unspecified atom stereocenters. The molecule has 0 atom stereocenters.